The van der Waals surface area contributed by atoms with E-state index in [-0.39, 0.29) is 12.8 Å². The standard InChI is InChI=1S/C10H14FNO3/c1-10(5-7(12)9(14)15)3-2-8(13)6(11)4-10/h2-3,7,13H,4-5,12H2,1H3,(H,14,15)/t7?,10-/m1/s1. The second-order valence-electron chi connectivity index (χ2n) is 4.10. The van der Waals surface area contributed by atoms with Crippen LogP contribution in [-0.4, -0.2) is 22.2 Å². The van der Waals surface area contributed by atoms with Crippen LogP contribution in [0.2, 0.25) is 0 Å². The SMILES string of the molecule is C[C@@]1(CC(N)C(=O)O)C=CC(O)=C(F)C1. The molecule has 2 atom stereocenters. The Labute approximate surface area is 86.9 Å². The molecule has 0 aliphatic heterocycles. The van der Waals surface area contributed by atoms with E-state index in [1.165, 1.54) is 6.08 Å². The monoisotopic (exact) mass is 215 g/mol. The van der Waals surface area contributed by atoms with E-state index in [9.17, 15) is 9.18 Å². The summed E-state index contributed by atoms with van der Waals surface area (Å²) < 4.78 is 13.1. The molecule has 0 spiro atoms. The zero-order valence-corrected chi connectivity index (χ0v) is 8.40. The summed E-state index contributed by atoms with van der Waals surface area (Å²) in [6.07, 6.45) is 2.96. The van der Waals surface area contributed by atoms with Crippen LogP contribution in [0.1, 0.15) is 19.8 Å². The zero-order valence-electron chi connectivity index (χ0n) is 8.40. The molecule has 4 nitrogen and oxygen atoms in total. The highest BCUT2D eigenvalue weighted by atomic mass is 19.1. The lowest BCUT2D eigenvalue weighted by molar-refractivity contribution is -0.139. The predicted molar refractivity (Wildman–Crippen MR) is 52.9 cm³/mol. The summed E-state index contributed by atoms with van der Waals surface area (Å²) in [5, 5.41) is 17.7. The molecule has 1 aliphatic rings. The highest BCUT2D eigenvalue weighted by Gasteiger charge is 2.31. The van der Waals surface area contributed by atoms with Crippen molar-refractivity contribution in [2.24, 2.45) is 11.1 Å². The van der Waals surface area contributed by atoms with Gasteiger partial charge in [-0.2, -0.15) is 0 Å². The van der Waals surface area contributed by atoms with Crippen LogP contribution in [0.3, 0.4) is 0 Å². The Balaban J connectivity index is 2.72. The molecule has 0 aromatic carbocycles. The number of nitrogens with two attached hydrogens (primary N) is 1. The van der Waals surface area contributed by atoms with E-state index < -0.39 is 29.0 Å². The number of hydrogen-bond donors (Lipinski definition) is 3. The van der Waals surface area contributed by atoms with Crippen LogP contribution in [0.25, 0.3) is 0 Å². The maximum absolute atomic E-state index is 13.1. The minimum Gasteiger partial charge on any atom is -0.505 e. The Morgan fingerprint density at radius 2 is 2.40 bits per heavy atom. The fraction of sp³-hybridized carbons (Fsp3) is 0.500. The fourth-order valence-electron chi connectivity index (χ4n) is 1.60. The third-order valence-corrected chi connectivity index (χ3v) is 2.48. The molecule has 1 unspecified atom stereocenters. The molecule has 0 saturated heterocycles. The molecule has 0 bridgehead atoms. The minimum absolute atomic E-state index is 0.0175. The van der Waals surface area contributed by atoms with Gasteiger partial charge in [-0.15, -0.1) is 0 Å². The number of carbonyl (C=O) groups is 1. The summed E-state index contributed by atoms with van der Waals surface area (Å²) in [4.78, 5) is 10.6. The number of allylic oxidation sites excluding steroid dienone is 3. The van der Waals surface area contributed by atoms with Crippen molar-refractivity contribution in [1.82, 2.24) is 0 Å². The first kappa shape index (κ1) is 11.7. The predicted octanol–water partition coefficient (Wildman–Crippen LogP) is 1.49. The summed E-state index contributed by atoms with van der Waals surface area (Å²) >= 11 is 0. The lowest BCUT2D eigenvalue weighted by Gasteiger charge is -2.29. The number of hydrogen-bond acceptors (Lipinski definition) is 3. The molecule has 1 rings (SSSR count). The second kappa shape index (κ2) is 4.02. The van der Waals surface area contributed by atoms with Crippen LogP contribution >= 0.6 is 0 Å². The lowest BCUT2D eigenvalue weighted by Crippen LogP contribution is -2.36. The van der Waals surface area contributed by atoms with E-state index in [2.05, 4.69) is 0 Å². The number of rotatable bonds is 3. The Morgan fingerprint density at radius 1 is 1.80 bits per heavy atom. The average molecular weight is 215 g/mol. The number of carboxylic acid groups (broad SMARTS) is 1. The zero-order chi connectivity index (χ0) is 11.6. The van der Waals surface area contributed by atoms with Crippen LogP contribution in [0.5, 0.6) is 0 Å². The van der Waals surface area contributed by atoms with Gasteiger partial charge < -0.3 is 15.9 Å². The van der Waals surface area contributed by atoms with Crippen LogP contribution in [0, 0.1) is 5.41 Å². The van der Waals surface area contributed by atoms with Gasteiger partial charge in [0.25, 0.3) is 0 Å². The lowest BCUT2D eigenvalue weighted by atomic mass is 9.77. The van der Waals surface area contributed by atoms with Crippen LogP contribution in [0.4, 0.5) is 4.39 Å². The van der Waals surface area contributed by atoms with Gasteiger partial charge in [-0.1, -0.05) is 13.0 Å². The smallest absolute Gasteiger partial charge is 0.320 e. The summed E-state index contributed by atoms with van der Waals surface area (Å²) in [6, 6.07) is -1.02. The van der Waals surface area contributed by atoms with Gasteiger partial charge in [0, 0.05) is 6.42 Å². The van der Waals surface area contributed by atoms with E-state index in [0.29, 0.717) is 0 Å². The van der Waals surface area contributed by atoms with Gasteiger partial charge in [-0.25, -0.2) is 4.39 Å². The number of carboxylic acids is 1. The van der Waals surface area contributed by atoms with Crippen molar-refractivity contribution in [3.05, 3.63) is 23.7 Å². The fourth-order valence-corrected chi connectivity index (χ4v) is 1.60. The summed E-state index contributed by atoms with van der Waals surface area (Å²) in [7, 11) is 0. The molecule has 15 heavy (non-hydrogen) atoms. The molecule has 0 radical (unpaired) electrons. The maximum atomic E-state index is 13.1. The van der Waals surface area contributed by atoms with Crippen LogP contribution in [0.15, 0.2) is 23.7 Å². The van der Waals surface area contributed by atoms with Crippen LogP contribution in [-0.2, 0) is 4.79 Å². The Bertz CT molecular complexity index is 338. The van der Waals surface area contributed by atoms with Gasteiger partial charge in [0.2, 0.25) is 0 Å². The number of aliphatic carboxylic acids is 1. The largest absolute Gasteiger partial charge is 0.505 e. The minimum atomic E-state index is -1.11. The van der Waals surface area contributed by atoms with Gasteiger partial charge in [0.05, 0.1) is 0 Å². The molecule has 84 valence electrons. The molecule has 0 aromatic heterocycles. The van der Waals surface area contributed by atoms with Crippen molar-refractivity contribution in [1.29, 1.82) is 0 Å². The number of aliphatic hydroxyl groups is 1. The second-order valence-corrected chi connectivity index (χ2v) is 4.10. The Kier molecular flexibility index (Phi) is 3.14. The van der Waals surface area contributed by atoms with E-state index >= 15 is 0 Å². The first-order chi connectivity index (χ1) is 6.84. The summed E-state index contributed by atoms with van der Waals surface area (Å²) in [5.74, 6) is -2.13. The first-order valence-corrected chi connectivity index (χ1v) is 4.59. The summed E-state index contributed by atoms with van der Waals surface area (Å²) in [5.41, 5.74) is 4.73. The van der Waals surface area contributed by atoms with Gasteiger partial charge in [-0.05, 0) is 17.9 Å². The number of halogens is 1. The third-order valence-electron chi connectivity index (χ3n) is 2.48. The third kappa shape index (κ3) is 2.79. The highest BCUT2D eigenvalue weighted by molar-refractivity contribution is 5.73. The van der Waals surface area contributed by atoms with Gasteiger partial charge >= 0.3 is 5.97 Å². The quantitative estimate of drug-likeness (QED) is 0.666. The van der Waals surface area contributed by atoms with Gasteiger partial charge in [0.15, 0.2) is 0 Å². The van der Waals surface area contributed by atoms with E-state index in [0.717, 1.165) is 0 Å². The van der Waals surface area contributed by atoms with E-state index in [1.54, 1.807) is 13.0 Å². The molecule has 0 aromatic rings. The molecule has 4 N–H and O–H groups in total. The van der Waals surface area contributed by atoms with Crippen molar-refractivity contribution < 1.29 is 19.4 Å². The Morgan fingerprint density at radius 3 is 2.87 bits per heavy atom. The van der Waals surface area contributed by atoms with Gasteiger partial charge in [-0.3, -0.25) is 4.79 Å². The molecule has 0 heterocycles. The van der Waals surface area contributed by atoms with Crippen LogP contribution < -0.4 is 5.73 Å². The van der Waals surface area contributed by atoms with Crippen molar-refractivity contribution in [2.75, 3.05) is 0 Å². The Hall–Kier alpha value is -1.36. The maximum Gasteiger partial charge on any atom is 0.320 e. The molecular weight excluding hydrogens is 201 g/mol. The van der Waals surface area contributed by atoms with Crippen molar-refractivity contribution >= 4 is 5.97 Å². The first-order valence-electron chi connectivity index (χ1n) is 4.59. The highest BCUT2D eigenvalue weighted by Crippen LogP contribution is 2.37. The van der Waals surface area contributed by atoms with Gasteiger partial charge in [0.1, 0.15) is 17.6 Å². The van der Waals surface area contributed by atoms with E-state index in [1.807, 2.05) is 0 Å². The van der Waals surface area contributed by atoms with Crippen molar-refractivity contribution in [3.8, 4) is 0 Å². The molecular formula is C10H14FNO3. The molecule has 0 amide bonds. The number of aliphatic hydroxyl groups excluding tert-OH is 1. The molecule has 0 fully saturated rings. The molecule has 0 saturated carbocycles. The molecule has 5 heteroatoms. The molecule has 1 aliphatic carbocycles. The van der Waals surface area contributed by atoms with E-state index in [4.69, 9.17) is 15.9 Å². The van der Waals surface area contributed by atoms with Crippen molar-refractivity contribution in [2.45, 2.75) is 25.8 Å². The topological polar surface area (TPSA) is 83.6 Å². The van der Waals surface area contributed by atoms with Crippen molar-refractivity contribution in [3.63, 3.8) is 0 Å². The normalized spacial score (nSPS) is 27.9. The average Bonchev–Trinajstić information content (AvgIpc) is 2.12. The summed E-state index contributed by atoms with van der Waals surface area (Å²) in [6.45, 7) is 1.71.